The molecule has 25 heavy (non-hydrogen) atoms. The molecule has 0 radical (unpaired) electrons. The second kappa shape index (κ2) is 7.23. The fraction of sp³-hybridized carbons (Fsp3) is 0.579. The van der Waals surface area contributed by atoms with Crippen molar-refractivity contribution in [3.63, 3.8) is 0 Å². The fourth-order valence-corrected chi connectivity index (χ4v) is 3.97. The zero-order valence-electron chi connectivity index (χ0n) is 15.0. The van der Waals surface area contributed by atoms with Crippen LogP contribution < -0.4 is 5.56 Å². The van der Waals surface area contributed by atoms with Crippen molar-refractivity contribution in [2.75, 3.05) is 19.7 Å². The number of aliphatic hydroxyl groups is 2. The SMILES string of the molecule is CCC[C@]1(CO)CN(Cc2cc(=O)n3cccc(C)c3n2)CC[C@@H]1O. The van der Waals surface area contributed by atoms with Gasteiger partial charge in [-0.05, 0) is 31.4 Å². The van der Waals surface area contributed by atoms with E-state index in [-0.39, 0.29) is 12.2 Å². The Morgan fingerprint density at radius 2 is 2.24 bits per heavy atom. The molecule has 1 saturated heterocycles. The Labute approximate surface area is 147 Å². The topological polar surface area (TPSA) is 78.1 Å². The van der Waals surface area contributed by atoms with Gasteiger partial charge in [-0.15, -0.1) is 0 Å². The normalized spacial score (nSPS) is 24.7. The number of aryl methyl sites for hydroxylation is 1. The van der Waals surface area contributed by atoms with Crippen LogP contribution in [0.2, 0.25) is 0 Å². The first-order valence-electron chi connectivity index (χ1n) is 8.98. The smallest absolute Gasteiger partial charge is 0.258 e. The van der Waals surface area contributed by atoms with Crippen molar-refractivity contribution in [3.8, 4) is 0 Å². The number of hydrogen-bond donors (Lipinski definition) is 2. The van der Waals surface area contributed by atoms with Crippen molar-refractivity contribution in [2.24, 2.45) is 5.41 Å². The molecule has 3 heterocycles. The van der Waals surface area contributed by atoms with Gasteiger partial charge in [0.1, 0.15) is 5.65 Å². The van der Waals surface area contributed by atoms with E-state index < -0.39 is 11.5 Å². The van der Waals surface area contributed by atoms with Gasteiger partial charge in [0.2, 0.25) is 0 Å². The van der Waals surface area contributed by atoms with E-state index in [0.29, 0.717) is 25.2 Å². The third kappa shape index (κ3) is 3.47. The molecule has 6 heteroatoms. The number of pyridine rings is 1. The zero-order chi connectivity index (χ0) is 18.0. The first kappa shape index (κ1) is 18.0. The Balaban J connectivity index is 1.86. The molecule has 1 aliphatic rings. The highest BCUT2D eigenvalue weighted by molar-refractivity contribution is 5.46. The molecule has 1 aliphatic heterocycles. The fourth-order valence-electron chi connectivity index (χ4n) is 3.97. The zero-order valence-corrected chi connectivity index (χ0v) is 15.0. The van der Waals surface area contributed by atoms with Gasteiger partial charge in [-0.1, -0.05) is 19.4 Å². The summed E-state index contributed by atoms with van der Waals surface area (Å²) in [6.45, 7) is 5.90. The Bertz CT molecular complexity index is 804. The van der Waals surface area contributed by atoms with Crippen LogP contribution in [-0.2, 0) is 6.54 Å². The minimum Gasteiger partial charge on any atom is -0.396 e. The minimum atomic E-state index is -0.480. The summed E-state index contributed by atoms with van der Waals surface area (Å²) in [6, 6.07) is 5.37. The van der Waals surface area contributed by atoms with Gasteiger partial charge in [0.15, 0.2) is 0 Å². The second-order valence-corrected chi connectivity index (χ2v) is 7.26. The molecule has 0 spiro atoms. The van der Waals surface area contributed by atoms with E-state index in [0.717, 1.165) is 30.6 Å². The van der Waals surface area contributed by atoms with Gasteiger partial charge >= 0.3 is 0 Å². The van der Waals surface area contributed by atoms with E-state index in [1.54, 1.807) is 16.7 Å². The van der Waals surface area contributed by atoms with Crippen molar-refractivity contribution in [1.82, 2.24) is 14.3 Å². The molecule has 0 aromatic carbocycles. The highest BCUT2D eigenvalue weighted by Crippen LogP contribution is 2.35. The third-order valence-electron chi connectivity index (χ3n) is 5.35. The average molecular weight is 345 g/mol. The van der Waals surface area contributed by atoms with Crippen molar-refractivity contribution in [3.05, 3.63) is 46.0 Å². The van der Waals surface area contributed by atoms with Crippen LogP contribution in [0.3, 0.4) is 0 Å². The lowest BCUT2D eigenvalue weighted by molar-refractivity contribution is -0.0821. The summed E-state index contributed by atoms with van der Waals surface area (Å²) in [5.41, 5.74) is 1.83. The third-order valence-corrected chi connectivity index (χ3v) is 5.35. The van der Waals surface area contributed by atoms with Crippen LogP contribution in [0.5, 0.6) is 0 Å². The van der Waals surface area contributed by atoms with Crippen LogP contribution >= 0.6 is 0 Å². The van der Waals surface area contributed by atoms with Gasteiger partial charge in [-0.25, -0.2) is 4.98 Å². The number of likely N-dealkylation sites (tertiary alicyclic amines) is 1. The summed E-state index contributed by atoms with van der Waals surface area (Å²) in [7, 11) is 0. The highest BCUT2D eigenvalue weighted by atomic mass is 16.3. The van der Waals surface area contributed by atoms with Gasteiger partial charge in [-0.2, -0.15) is 0 Å². The van der Waals surface area contributed by atoms with Gasteiger partial charge in [0.25, 0.3) is 5.56 Å². The molecule has 0 aliphatic carbocycles. The molecule has 0 unspecified atom stereocenters. The van der Waals surface area contributed by atoms with E-state index in [1.165, 1.54) is 0 Å². The Hall–Kier alpha value is -1.76. The minimum absolute atomic E-state index is 0.0224. The van der Waals surface area contributed by atoms with Crippen LogP contribution in [0, 0.1) is 12.3 Å². The predicted molar refractivity (Wildman–Crippen MR) is 96.5 cm³/mol. The molecule has 2 aromatic heterocycles. The van der Waals surface area contributed by atoms with Gasteiger partial charge in [0, 0.05) is 37.3 Å². The summed E-state index contributed by atoms with van der Waals surface area (Å²) < 4.78 is 1.56. The molecule has 2 atom stereocenters. The van der Waals surface area contributed by atoms with E-state index >= 15 is 0 Å². The van der Waals surface area contributed by atoms with Crippen LogP contribution in [0.15, 0.2) is 29.2 Å². The van der Waals surface area contributed by atoms with Crippen molar-refractivity contribution < 1.29 is 10.2 Å². The van der Waals surface area contributed by atoms with Crippen LogP contribution in [0.1, 0.15) is 37.4 Å². The molecular formula is C19H27N3O3. The van der Waals surface area contributed by atoms with Crippen molar-refractivity contribution in [2.45, 2.75) is 45.8 Å². The van der Waals surface area contributed by atoms with Crippen LogP contribution in [0.25, 0.3) is 5.65 Å². The lowest BCUT2D eigenvalue weighted by Crippen LogP contribution is -2.53. The molecule has 0 amide bonds. The standard InChI is InChI=1S/C19H27N3O3/c1-3-7-19(13-23)12-21(9-6-16(19)24)11-15-10-17(25)22-8-4-5-14(2)18(22)20-15/h4-5,8,10,16,23-24H,3,6-7,9,11-13H2,1-2H3/t16-,19+/m0/s1. The van der Waals surface area contributed by atoms with E-state index in [2.05, 4.69) is 16.8 Å². The van der Waals surface area contributed by atoms with Gasteiger partial charge < -0.3 is 10.2 Å². The van der Waals surface area contributed by atoms with Crippen LogP contribution in [-0.4, -0.2) is 50.3 Å². The van der Waals surface area contributed by atoms with E-state index in [4.69, 9.17) is 0 Å². The highest BCUT2D eigenvalue weighted by Gasteiger charge is 2.41. The molecular weight excluding hydrogens is 318 g/mol. The van der Waals surface area contributed by atoms with E-state index in [1.807, 2.05) is 19.1 Å². The molecule has 3 rings (SSSR count). The summed E-state index contributed by atoms with van der Waals surface area (Å²) in [5.74, 6) is 0. The number of rotatable bonds is 5. The van der Waals surface area contributed by atoms with Gasteiger partial charge in [0.05, 0.1) is 18.4 Å². The van der Waals surface area contributed by atoms with Crippen molar-refractivity contribution in [1.29, 1.82) is 0 Å². The maximum atomic E-state index is 12.4. The molecule has 2 aromatic rings. The van der Waals surface area contributed by atoms with Crippen LogP contribution in [0.4, 0.5) is 0 Å². The molecule has 1 fully saturated rings. The molecule has 6 nitrogen and oxygen atoms in total. The van der Waals surface area contributed by atoms with E-state index in [9.17, 15) is 15.0 Å². The number of hydrogen-bond acceptors (Lipinski definition) is 5. The maximum Gasteiger partial charge on any atom is 0.258 e. The number of fused-ring (bicyclic) bond motifs is 1. The predicted octanol–water partition coefficient (Wildman–Crippen LogP) is 1.35. The second-order valence-electron chi connectivity index (χ2n) is 7.26. The number of aliphatic hydroxyl groups excluding tert-OH is 2. The largest absolute Gasteiger partial charge is 0.396 e. The number of nitrogens with zero attached hydrogens (tertiary/aromatic N) is 3. The first-order valence-corrected chi connectivity index (χ1v) is 8.98. The molecule has 0 bridgehead atoms. The number of aromatic nitrogens is 2. The molecule has 0 saturated carbocycles. The lowest BCUT2D eigenvalue weighted by atomic mass is 9.74. The number of piperidine rings is 1. The van der Waals surface area contributed by atoms with Gasteiger partial charge in [-0.3, -0.25) is 14.1 Å². The Morgan fingerprint density at radius 1 is 1.44 bits per heavy atom. The molecule has 2 N–H and O–H groups in total. The maximum absolute atomic E-state index is 12.4. The summed E-state index contributed by atoms with van der Waals surface area (Å²) in [5, 5.41) is 20.3. The Kier molecular flexibility index (Phi) is 5.22. The summed E-state index contributed by atoms with van der Waals surface area (Å²) in [4.78, 5) is 19.2. The summed E-state index contributed by atoms with van der Waals surface area (Å²) in [6.07, 6.45) is 3.59. The Morgan fingerprint density at radius 3 is 2.96 bits per heavy atom. The quantitative estimate of drug-likeness (QED) is 0.855. The summed E-state index contributed by atoms with van der Waals surface area (Å²) >= 11 is 0. The molecule has 136 valence electrons. The first-order chi connectivity index (χ1) is 12.0. The van der Waals surface area contributed by atoms with Crippen molar-refractivity contribution >= 4 is 5.65 Å². The lowest BCUT2D eigenvalue weighted by Gasteiger charge is -2.45. The monoisotopic (exact) mass is 345 g/mol. The average Bonchev–Trinajstić information content (AvgIpc) is 2.59.